The minimum absolute atomic E-state index is 0.0479. The van der Waals surface area contributed by atoms with Gasteiger partial charge in [0.05, 0.1) is 31.6 Å². The summed E-state index contributed by atoms with van der Waals surface area (Å²) in [5.41, 5.74) is 0.380. The van der Waals surface area contributed by atoms with Crippen molar-refractivity contribution in [3.05, 3.63) is 35.9 Å². The quantitative estimate of drug-likeness (QED) is 0.740. The number of hydrogen-bond donors (Lipinski definition) is 0. The van der Waals surface area contributed by atoms with Gasteiger partial charge in [-0.15, -0.1) is 0 Å². The minimum Gasteiger partial charge on any atom is -0.469 e. The number of benzene rings is 1. The maximum Gasteiger partial charge on any atom is 0.338 e. The Morgan fingerprint density at radius 2 is 2.00 bits per heavy atom. The van der Waals surface area contributed by atoms with Gasteiger partial charge >= 0.3 is 11.9 Å². The molecule has 18 heavy (non-hydrogen) atoms. The summed E-state index contributed by atoms with van der Waals surface area (Å²) < 4.78 is 9.56. The fraction of sp³-hybridized carbons (Fsp3) is 0.308. The smallest absolute Gasteiger partial charge is 0.338 e. The Labute approximate surface area is 105 Å². The highest BCUT2D eigenvalue weighted by atomic mass is 16.6. The van der Waals surface area contributed by atoms with Crippen molar-refractivity contribution in [3.8, 4) is 6.07 Å². The Bertz CT molecular complexity index is 450. The molecule has 1 aromatic rings. The standard InChI is InChI=1S/C13H13NO4/c1-17-12(15)9-11(7-8-14)18-13(16)10-5-3-2-4-6-10/h2-6,11H,7,9H2,1H3/t11-/m0/s1. The van der Waals surface area contributed by atoms with E-state index in [4.69, 9.17) is 10.00 Å². The van der Waals surface area contributed by atoms with Gasteiger partial charge in [0.25, 0.3) is 0 Å². The van der Waals surface area contributed by atoms with Gasteiger partial charge in [0, 0.05) is 0 Å². The van der Waals surface area contributed by atoms with E-state index in [1.165, 1.54) is 7.11 Å². The molecule has 94 valence electrons. The van der Waals surface area contributed by atoms with Crippen LogP contribution in [0.15, 0.2) is 30.3 Å². The van der Waals surface area contributed by atoms with E-state index in [-0.39, 0.29) is 12.8 Å². The molecule has 0 aliphatic rings. The van der Waals surface area contributed by atoms with Gasteiger partial charge in [-0.2, -0.15) is 5.26 Å². The van der Waals surface area contributed by atoms with Crippen molar-refractivity contribution in [1.82, 2.24) is 0 Å². The van der Waals surface area contributed by atoms with Gasteiger partial charge in [-0.1, -0.05) is 18.2 Å². The molecule has 0 saturated heterocycles. The number of hydrogen-bond acceptors (Lipinski definition) is 5. The lowest BCUT2D eigenvalue weighted by molar-refractivity contribution is -0.142. The van der Waals surface area contributed by atoms with Crippen LogP contribution in [0.4, 0.5) is 0 Å². The molecular weight excluding hydrogens is 234 g/mol. The zero-order chi connectivity index (χ0) is 13.4. The second kappa shape index (κ2) is 7.07. The maximum absolute atomic E-state index is 11.7. The number of rotatable bonds is 5. The minimum atomic E-state index is -0.782. The molecule has 0 fully saturated rings. The predicted molar refractivity (Wildman–Crippen MR) is 62.5 cm³/mol. The van der Waals surface area contributed by atoms with Crippen LogP contribution in [-0.4, -0.2) is 25.2 Å². The first kappa shape index (κ1) is 13.7. The van der Waals surface area contributed by atoms with E-state index >= 15 is 0 Å². The lowest BCUT2D eigenvalue weighted by Crippen LogP contribution is -2.22. The molecule has 5 nitrogen and oxygen atoms in total. The van der Waals surface area contributed by atoms with Crippen LogP contribution in [-0.2, 0) is 14.3 Å². The summed E-state index contributed by atoms with van der Waals surface area (Å²) in [4.78, 5) is 22.8. The summed E-state index contributed by atoms with van der Waals surface area (Å²) in [6.45, 7) is 0. The second-order valence-electron chi connectivity index (χ2n) is 3.54. The van der Waals surface area contributed by atoms with Crippen LogP contribution < -0.4 is 0 Å². The average molecular weight is 247 g/mol. The molecule has 1 rings (SSSR count). The molecule has 1 atom stereocenters. The highest BCUT2D eigenvalue weighted by Gasteiger charge is 2.19. The van der Waals surface area contributed by atoms with E-state index < -0.39 is 18.0 Å². The van der Waals surface area contributed by atoms with Crippen molar-refractivity contribution >= 4 is 11.9 Å². The summed E-state index contributed by atoms with van der Waals surface area (Å²) in [5, 5.41) is 8.61. The zero-order valence-electron chi connectivity index (χ0n) is 9.96. The number of nitrogens with zero attached hydrogens (tertiary/aromatic N) is 1. The Morgan fingerprint density at radius 1 is 1.33 bits per heavy atom. The molecule has 0 aliphatic carbocycles. The molecule has 0 radical (unpaired) electrons. The Hall–Kier alpha value is -2.35. The fourth-order valence-electron chi connectivity index (χ4n) is 1.32. The van der Waals surface area contributed by atoms with Crippen molar-refractivity contribution in [2.24, 2.45) is 0 Å². The molecule has 5 heteroatoms. The van der Waals surface area contributed by atoms with E-state index in [1.807, 2.05) is 6.07 Å². The molecule has 0 spiro atoms. The highest BCUT2D eigenvalue weighted by molar-refractivity contribution is 5.89. The summed E-state index contributed by atoms with van der Waals surface area (Å²) in [6, 6.07) is 10.3. The first-order valence-electron chi connectivity index (χ1n) is 5.37. The lowest BCUT2D eigenvalue weighted by Gasteiger charge is -2.13. The number of carbonyl (C=O) groups excluding carboxylic acids is 2. The van der Waals surface area contributed by atoms with E-state index in [2.05, 4.69) is 4.74 Å². The highest BCUT2D eigenvalue weighted by Crippen LogP contribution is 2.09. The van der Waals surface area contributed by atoms with Gasteiger partial charge in [0.1, 0.15) is 6.10 Å². The Balaban J connectivity index is 2.64. The first-order chi connectivity index (χ1) is 8.67. The largest absolute Gasteiger partial charge is 0.469 e. The monoisotopic (exact) mass is 247 g/mol. The molecule has 0 aliphatic heterocycles. The molecule has 0 unspecified atom stereocenters. The van der Waals surface area contributed by atoms with Gasteiger partial charge in [0.2, 0.25) is 0 Å². The van der Waals surface area contributed by atoms with Crippen LogP contribution in [0, 0.1) is 11.3 Å². The molecule has 0 N–H and O–H groups in total. The summed E-state index contributed by atoms with van der Waals surface area (Å²) in [6.07, 6.45) is -0.953. The van der Waals surface area contributed by atoms with Gasteiger partial charge in [-0.25, -0.2) is 4.79 Å². The van der Waals surface area contributed by atoms with Gasteiger partial charge < -0.3 is 9.47 Å². The third-order valence-electron chi connectivity index (χ3n) is 2.22. The lowest BCUT2D eigenvalue weighted by atomic mass is 10.2. The predicted octanol–water partition coefficient (Wildman–Crippen LogP) is 1.69. The second-order valence-corrected chi connectivity index (χ2v) is 3.54. The van der Waals surface area contributed by atoms with Crippen molar-refractivity contribution in [2.45, 2.75) is 18.9 Å². The molecule has 0 heterocycles. The molecule has 0 aromatic heterocycles. The summed E-state index contributed by atoms with van der Waals surface area (Å²) in [7, 11) is 1.24. The van der Waals surface area contributed by atoms with Crippen molar-refractivity contribution in [3.63, 3.8) is 0 Å². The maximum atomic E-state index is 11.7. The third kappa shape index (κ3) is 4.26. The summed E-state index contributed by atoms with van der Waals surface area (Å²) in [5.74, 6) is -1.07. The van der Waals surface area contributed by atoms with Crippen molar-refractivity contribution in [1.29, 1.82) is 5.26 Å². The van der Waals surface area contributed by atoms with Crippen LogP contribution >= 0.6 is 0 Å². The van der Waals surface area contributed by atoms with Crippen LogP contribution in [0.3, 0.4) is 0 Å². The molecule has 1 aromatic carbocycles. The van der Waals surface area contributed by atoms with Crippen LogP contribution in [0.25, 0.3) is 0 Å². The zero-order valence-corrected chi connectivity index (χ0v) is 9.96. The first-order valence-corrected chi connectivity index (χ1v) is 5.37. The topological polar surface area (TPSA) is 76.4 Å². The van der Waals surface area contributed by atoms with Gasteiger partial charge in [-0.05, 0) is 12.1 Å². The van der Waals surface area contributed by atoms with E-state index in [1.54, 1.807) is 30.3 Å². The number of nitriles is 1. The average Bonchev–Trinajstić information content (AvgIpc) is 2.39. The van der Waals surface area contributed by atoms with E-state index in [9.17, 15) is 9.59 Å². The Kier molecular flexibility index (Phi) is 5.39. The van der Waals surface area contributed by atoms with Crippen LogP contribution in [0.5, 0.6) is 0 Å². The summed E-state index contributed by atoms with van der Waals surface area (Å²) >= 11 is 0. The van der Waals surface area contributed by atoms with Crippen molar-refractivity contribution < 1.29 is 19.1 Å². The number of ether oxygens (including phenoxy) is 2. The fourth-order valence-corrected chi connectivity index (χ4v) is 1.32. The molecule has 0 bridgehead atoms. The molecular formula is C13H13NO4. The number of esters is 2. The van der Waals surface area contributed by atoms with Crippen LogP contribution in [0.1, 0.15) is 23.2 Å². The molecule has 0 saturated carbocycles. The third-order valence-corrected chi connectivity index (χ3v) is 2.22. The van der Waals surface area contributed by atoms with Gasteiger partial charge in [-0.3, -0.25) is 4.79 Å². The number of carbonyl (C=O) groups is 2. The SMILES string of the molecule is COC(=O)C[C@H](CC#N)OC(=O)c1ccccc1. The Morgan fingerprint density at radius 3 is 2.56 bits per heavy atom. The van der Waals surface area contributed by atoms with Crippen LogP contribution in [0.2, 0.25) is 0 Å². The molecule has 0 amide bonds. The van der Waals surface area contributed by atoms with Crippen molar-refractivity contribution in [2.75, 3.05) is 7.11 Å². The normalized spacial score (nSPS) is 11.1. The number of methoxy groups -OCH3 is 1. The van der Waals surface area contributed by atoms with E-state index in [0.29, 0.717) is 5.56 Å². The van der Waals surface area contributed by atoms with E-state index in [0.717, 1.165) is 0 Å². The van der Waals surface area contributed by atoms with Gasteiger partial charge in [0.15, 0.2) is 0 Å².